The standard InChI is InChI=1S/C29H19NO2/c30-16-14-27-24-15-17-31-29-22-10-4-2-7-20(22)12-13-25(29)26(24)18-28(32-27)23-11-5-8-19-6-1-3-9-21(19)23/h1-14,18H,15,17H2/b27-14-. The summed E-state index contributed by atoms with van der Waals surface area (Å²) in [6.07, 6.45) is 4.28. The van der Waals surface area contributed by atoms with E-state index in [0.717, 1.165) is 55.3 Å². The first kappa shape index (κ1) is 18.5. The fourth-order valence-electron chi connectivity index (χ4n) is 4.67. The summed E-state index contributed by atoms with van der Waals surface area (Å²) in [7, 11) is 0. The molecule has 0 unspecified atom stereocenters. The second-order valence-electron chi connectivity index (χ2n) is 7.93. The SMILES string of the molecule is N#C/C=C1\OC(c2cccc3ccccc23)=CC2=C1CCOc1c2ccc2ccccc12. The van der Waals surface area contributed by atoms with Crippen molar-refractivity contribution in [3.05, 3.63) is 113 Å². The highest BCUT2D eigenvalue weighted by Gasteiger charge is 2.27. The molecular weight excluding hydrogens is 394 g/mol. The van der Waals surface area contributed by atoms with E-state index < -0.39 is 0 Å². The van der Waals surface area contributed by atoms with Crippen molar-refractivity contribution >= 4 is 32.9 Å². The second kappa shape index (κ2) is 7.44. The van der Waals surface area contributed by atoms with Crippen LogP contribution in [0.25, 0.3) is 32.9 Å². The predicted molar refractivity (Wildman–Crippen MR) is 128 cm³/mol. The Morgan fingerprint density at radius 1 is 0.781 bits per heavy atom. The molecule has 0 fully saturated rings. The zero-order valence-electron chi connectivity index (χ0n) is 17.3. The minimum Gasteiger partial charge on any atom is -0.492 e. The van der Waals surface area contributed by atoms with Crippen molar-refractivity contribution in [3.8, 4) is 11.8 Å². The fourth-order valence-corrected chi connectivity index (χ4v) is 4.67. The summed E-state index contributed by atoms with van der Waals surface area (Å²) in [6, 6.07) is 29.2. The third-order valence-electron chi connectivity index (χ3n) is 6.14. The Bertz CT molecular complexity index is 1530. The normalized spacial score (nSPS) is 16.5. The number of rotatable bonds is 1. The monoisotopic (exact) mass is 413 g/mol. The molecule has 2 heterocycles. The van der Waals surface area contributed by atoms with Gasteiger partial charge in [-0.25, -0.2) is 0 Å². The van der Waals surface area contributed by atoms with Crippen LogP contribution in [0.5, 0.6) is 5.75 Å². The van der Waals surface area contributed by atoms with E-state index in [1.165, 1.54) is 6.08 Å². The molecule has 0 saturated heterocycles. The molecule has 152 valence electrons. The van der Waals surface area contributed by atoms with E-state index in [1.807, 2.05) is 30.3 Å². The van der Waals surface area contributed by atoms with Gasteiger partial charge >= 0.3 is 0 Å². The van der Waals surface area contributed by atoms with Gasteiger partial charge in [-0.1, -0.05) is 72.8 Å². The van der Waals surface area contributed by atoms with Gasteiger partial charge in [-0.05, 0) is 33.9 Å². The van der Waals surface area contributed by atoms with E-state index in [9.17, 15) is 5.26 Å². The quantitative estimate of drug-likeness (QED) is 0.315. The molecule has 0 bridgehead atoms. The van der Waals surface area contributed by atoms with Gasteiger partial charge in [0.05, 0.1) is 18.8 Å². The zero-order valence-corrected chi connectivity index (χ0v) is 17.3. The number of allylic oxidation sites excluding steroid dienone is 4. The van der Waals surface area contributed by atoms with Crippen LogP contribution >= 0.6 is 0 Å². The van der Waals surface area contributed by atoms with Crippen molar-refractivity contribution in [1.82, 2.24) is 0 Å². The summed E-state index contributed by atoms with van der Waals surface area (Å²) in [6.45, 7) is 0.531. The topological polar surface area (TPSA) is 42.2 Å². The summed E-state index contributed by atoms with van der Waals surface area (Å²) in [4.78, 5) is 0. The molecule has 32 heavy (non-hydrogen) atoms. The third-order valence-corrected chi connectivity index (χ3v) is 6.14. The molecule has 3 heteroatoms. The van der Waals surface area contributed by atoms with E-state index in [4.69, 9.17) is 9.47 Å². The minimum absolute atomic E-state index is 0.531. The molecule has 0 atom stereocenters. The van der Waals surface area contributed by atoms with Gasteiger partial charge in [0.1, 0.15) is 17.3 Å². The van der Waals surface area contributed by atoms with Gasteiger partial charge in [0, 0.05) is 28.5 Å². The Kier molecular flexibility index (Phi) is 4.30. The first-order valence-electron chi connectivity index (χ1n) is 10.7. The lowest BCUT2D eigenvalue weighted by atomic mass is 9.91. The number of benzene rings is 4. The highest BCUT2D eigenvalue weighted by Crippen LogP contribution is 2.45. The van der Waals surface area contributed by atoms with E-state index in [2.05, 4.69) is 60.7 Å². The van der Waals surface area contributed by atoms with Crippen LogP contribution in [-0.4, -0.2) is 6.61 Å². The second-order valence-corrected chi connectivity index (χ2v) is 7.93. The van der Waals surface area contributed by atoms with Crippen LogP contribution < -0.4 is 4.74 Å². The Morgan fingerprint density at radius 3 is 2.38 bits per heavy atom. The van der Waals surface area contributed by atoms with E-state index in [-0.39, 0.29) is 0 Å². The maximum absolute atomic E-state index is 9.46. The molecular formula is C29H19NO2. The number of fused-ring (bicyclic) bond motifs is 5. The third kappa shape index (κ3) is 2.89. The van der Waals surface area contributed by atoms with E-state index in [0.29, 0.717) is 18.8 Å². The molecule has 0 aromatic heterocycles. The van der Waals surface area contributed by atoms with Gasteiger partial charge in [-0.2, -0.15) is 5.26 Å². The van der Waals surface area contributed by atoms with Crippen LogP contribution in [0.4, 0.5) is 0 Å². The molecule has 0 saturated carbocycles. The molecule has 4 aromatic carbocycles. The number of ether oxygens (including phenoxy) is 2. The van der Waals surface area contributed by atoms with Crippen LogP contribution in [0, 0.1) is 11.3 Å². The van der Waals surface area contributed by atoms with Crippen molar-refractivity contribution in [2.24, 2.45) is 0 Å². The van der Waals surface area contributed by atoms with Gasteiger partial charge in [0.2, 0.25) is 0 Å². The number of hydrogen-bond acceptors (Lipinski definition) is 3. The van der Waals surface area contributed by atoms with Gasteiger partial charge in [0.25, 0.3) is 0 Å². The molecule has 6 rings (SSSR count). The van der Waals surface area contributed by atoms with Crippen molar-refractivity contribution < 1.29 is 9.47 Å². The Morgan fingerprint density at radius 2 is 1.53 bits per heavy atom. The zero-order chi connectivity index (χ0) is 21.5. The molecule has 4 aromatic rings. The summed E-state index contributed by atoms with van der Waals surface area (Å²) < 4.78 is 12.6. The first-order valence-corrected chi connectivity index (χ1v) is 10.7. The highest BCUT2D eigenvalue weighted by atomic mass is 16.5. The fraction of sp³-hybridized carbons (Fsp3) is 0.0690. The average Bonchev–Trinajstić information content (AvgIpc) is 3.04. The van der Waals surface area contributed by atoms with Gasteiger partial charge in [0.15, 0.2) is 0 Å². The van der Waals surface area contributed by atoms with Crippen LogP contribution in [0.1, 0.15) is 17.5 Å². The molecule has 0 spiro atoms. The van der Waals surface area contributed by atoms with Crippen molar-refractivity contribution in [3.63, 3.8) is 0 Å². The summed E-state index contributed by atoms with van der Waals surface area (Å²) in [5.41, 5.74) is 4.09. The first-order chi connectivity index (χ1) is 15.8. The van der Waals surface area contributed by atoms with Gasteiger partial charge in [-0.3, -0.25) is 0 Å². The lowest BCUT2D eigenvalue weighted by Crippen LogP contribution is -2.06. The smallest absolute Gasteiger partial charge is 0.141 e. The number of hydrogen-bond donors (Lipinski definition) is 0. The van der Waals surface area contributed by atoms with Crippen molar-refractivity contribution in [1.29, 1.82) is 5.26 Å². The summed E-state index contributed by atoms with van der Waals surface area (Å²) in [5, 5.41) is 14.0. The van der Waals surface area contributed by atoms with Gasteiger partial charge < -0.3 is 9.47 Å². The molecule has 2 aliphatic rings. The largest absolute Gasteiger partial charge is 0.492 e. The highest BCUT2D eigenvalue weighted by molar-refractivity contribution is 6.01. The lowest BCUT2D eigenvalue weighted by molar-refractivity contribution is 0.320. The molecule has 0 radical (unpaired) electrons. The van der Waals surface area contributed by atoms with Crippen LogP contribution in [-0.2, 0) is 4.74 Å². The Balaban J connectivity index is 1.63. The summed E-state index contributed by atoms with van der Waals surface area (Å²) in [5.74, 6) is 2.22. The molecule has 2 aliphatic heterocycles. The van der Waals surface area contributed by atoms with Crippen molar-refractivity contribution in [2.75, 3.05) is 6.61 Å². The lowest BCUT2D eigenvalue weighted by Gasteiger charge is -2.23. The van der Waals surface area contributed by atoms with Gasteiger partial charge in [-0.15, -0.1) is 0 Å². The predicted octanol–water partition coefficient (Wildman–Crippen LogP) is 7.01. The maximum atomic E-state index is 9.46. The number of nitriles is 1. The van der Waals surface area contributed by atoms with Crippen molar-refractivity contribution in [2.45, 2.75) is 6.42 Å². The number of nitrogens with zero attached hydrogens (tertiary/aromatic N) is 1. The minimum atomic E-state index is 0.531. The van der Waals surface area contributed by atoms with Crippen LogP contribution in [0.2, 0.25) is 0 Å². The van der Waals surface area contributed by atoms with Crippen LogP contribution in [0.3, 0.4) is 0 Å². The Hall–Kier alpha value is -4.29. The average molecular weight is 413 g/mol. The van der Waals surface area contributed by atoms with E-state index in [1.54, 1.807) is 0 Å². The maximum Gasteiger partial charge on any atom is 0.141 e. The molecule has 0 amide bonds. The molecule has 0 aliphatic carbocycles. The van der Waals surface area contributed by atoms with Crippen LogP contribution in [0.15, 0.2) is 102 Å². The van der Waals surface area contributed by atoms with E-state index >= 15 is 0 Å². The Labute approximate surface area is 186 Å². The summed E-state index contributed by atoms with van der Waals surface area (Å²) >= 11 is 0. The molecule has 0 N–H and O–H groups in total. The molecule has 3 nitrogen and oxygen atoms in total.